The van der Waals surface area contributed by atoms with Crippen LogP contribution in [-0.2, 0) is 0 Å². The average molecular weight is 442 g/mol. The largest absolute Gasteiger partial charge is 0.522 e. The highest BCUT2D eigenvalue weighted by Gasteiger charge is 2.53. The fourth-order valence-electron chi connectivity index (χ4n) is 5.81. The third-order valence-corrected chi connectivity index (χ3v) is 7.03. The zero-order valence-corrected chi connectivity index (χ0v) is 19.4. The van der Waals surface area contributed by atoms with Crippen molar-refractivity contribution in [2.75, 3.05) is 0 Å². The van der Waals surface area contributed by atoms with Gasteiger partial charge in [0.25, 0.3) is 0 Å². The Kier molecular flexibility index (Phi) is 3.81. The van der Waals surface area contributed by atoms with E-state index in [9.17, 15) is 0 Å². The molecule has 0 saturated heterocycles. The van der Waals surface area contributed by atoms with E-state index in [0.29, 0.717) is 0 Å². The van der Waals surface area contributed by atoms with Crippen molar-refractivity contribution in [2.45, 2.75) is 26.9 Å². The minimum Gasteiger partial charge on any atom is -0.334 e. The summed E-state index contributed by atoms with van der Waals surface area (Å²) in [5.74, 6) is 2.82. The first-order chi connectivity index (χ1) is 16.7. The molecule has 6 heterocycles. The van der Waals surface area contributed by atoms with E-state index in [1.807, 2.05) is 26.8 Å². The highest BCUT2D eigenvalue weighted by molar-refractivity contribution is 6.60. The summed E-state index contributed by atoms with van der Waals surface area (Å²) in [5, 5.41) is 2.23. The summed E-state index contributed by atoms with van der Waals surface area (Å²) in [6, 6.07) is 8.43. The molecule has 0 N–H and O–H groups in total. The van der Waals surface area contributed by atoms with Gasteiger partial charge in [-0.25, -0.2) is 15.0 Å². The molecule has 34 heavy (non-hydrogen) atoms. The highest BCUT2D eigenvalue weighted by atomic mass is 15.5. The maximum atomic E-state index is 5.32. The maximum Gasteiger partial charge on any atom is 0.522 e. The first-order valence-corrected chi connectivity index (χ1v) is 11.7. The predicted molar refractivity (Wildman–Crippen MR) is 139 cm³/mol. The average Bonchev–Trinajstić information content (AvgIpc) is 3.45. The number of hydrogen-bond donors (Lipinski definition) is 0. The van der Waals surface area contributed by atoms with Gasteiger partial charge in [0.05, 0.1) is 0 Å². The van der Waals surface area contributed by atoms with Gasteiger partial charge in [-0.2, -0.15) is 0 Å². The lowest BCUT2D eigenvalue weighted by Crippen LogP contribution is -2.65. The predicted octanol–water partition coefficient (Wildman–Crippen LogP) is 4.53. The second-order valence-electron chi connectivity index (χ2n) is 8.78. The first-order valence-electron chi connectivity index (χ1n) is 11.7. The molecule has 164 valence electrons. The van der Waals surface area contributed by atoms with E-state index in [1.54, 1.807) is 0 Å². The molecule has 7 heteroatoms. The molecular formula is C27H23BN6. The lowest BCUT2D eigenvalue weighted by atomic mass is 9.84. The van der Waals surface area contributed by atoms with Crippen molar-refractivity contribution in [2.24, 2.45) is 15.0 Å². The van der Waals surface area contributed by atoms with Crippen LogP contribution in [0.2, 0.25) is 0 Å². The van der Waals surface area contributed by atoms with Gasteiger partial charge in [-0.05, 0) is 20.8 Å². The van der Waals surface area contributed by atoms with Crippen LogP contribution in [0.3, 0.4) is 0 Å². The summed E-state index contributed by atoms with van der Waals surface area (Å²) in [4.78, 5) is 18.1. The van der Waals surface area contributed by atoms with Crippen molar-refractivity contribution in [3.05, 3.63) is 94.5 Å². The van der Waals surface area contributed by atoms with Crippen molar-refractivity contribution < 1.29 is 0 Å². The molecular weight excluding hydrogens is 419 g/mol. The van der Waals surface area contributed by atoms with Crippen LogP contribution < -0.4 is 11.0 Å². The van der Waals surface area contributed by atoms with E-state index < -0.39 is 0 Å². The Bertz CT molecular complexity index is 1720. The van der Waals surface area contributed by atoms with Gasteiger partial charge < -0.3 is 13.8 Å². The minimum absolute atomic E-state index is 0.129. The van der Waals surface area contributed by atoms with Crippen LogP contribution in [0.1, 0.15) is 31.9 Å². The molecule has 2 aromatic heterocycles. The molecule has 0 fully saturated rings. The first kappa shape index (κ1) is 19.4. The van der Waals surface area contributed by atoms with E-state index in [1.165, 1.54) is 0 Å². The fraction of sp³-hybridized carbons (Fsp3) is 0.148. The normalized spacial score (nSPS) is 19.5. The topological polar surface area (TPSA) is 50.2 Å². The van der Waals surface area contributed by atoms with Gasteiger partial charge in [-0.1, -0.05) is 73.4 Å². The molecule has 4 aliphatic heterocycles. The lowest BCUT2D eigenvalue weighted by molar-refractivity contribution is 0.477. The Hall–Kier alpha value is -4.13. The van der Waals surface area contributed by atoms with Gasteiger partial charge >= 0.3 is 7.12 Å². The second kappa shape index (κ2) is 6.70. The molecule has 1 unspecified atom stereocenters. The second-order valence-corrected chi connectivity index (χ2v) is 8.78. The zero-order chi connectivity index (χ0) is 23.1. The third kappa shape index (κ3) is 2.10. The summed E-state index contributed by atoms with van der Waals surface area (Å²) in [6.45, 7) is 10.3. The van der Waals surface area contributed by atoms with Gasteiger partial charge in [0.15, 0.2) is 0 Å². The van der Waals surface area contributed by atoms with Crippen molar-refractivity contribution >= 4 is 47.5 Å². The highest BCUT2D eigenvalue weighted by Crippen LogP contribution is 2.46. The molecule has 0 saturated carbocycles. The van der Waals surface area contributed by atoms with Crippen LogP contribution in [0.4, 0.5) is 11.6 Å². The van der Waals surface area contributed by atoms with Gasteiger partial charge in [0.1, 0.15) is 34.6 Å². The Labute approximate surface area is 197 Å². The number of rotatable bonds is 4. The standard InChI is InChI=1S/C27H23BN6/c1-5-11-17-16(8-4)22-29-26-20-14-9-10-15-21(20)27-31-25-19(13-7-3)18(12-6-2)24-30-23(17)32(22)28(33(24)25)34(26)27/h5-15,23H,4H2,1-3H3/b11-5-,12-6-,13-7-. The molecule has 0 spiro atoms. The van der Waals surface area contributed by atoms with Crippen LogP contribution >= 0.6 is 0 Å². The summed E-state index contributed by atoms with van der Waals surface area (Å²) in [6.07, 6.45) is 14.4. The van der Waals surface area contributed by atoms with E-state index in [4.69, 9.17) is 15.0 Å². The molecule has 0 aliphatic carbocycles. The maximum absolute atomic E-state index is 5.32. The number of aliphatic imine (C=N–C) groups is 1. The summed E-state index contributed by atoms with van der Waals surface area (Å²) >= 11 is 0. The van der Waals surface area contributed by atoms with E-state index >= 15 is 0 Å². The monoisotopic (exact) mass is 442 g/mol. The molecule has 0 bridgehead atoms. The number of benzene rings is 1. The number of amidine groups is 1. The summed E-state index contributed by atoms with van der Waals surface area (Å²) < 4.78 is 4.56. The van der Waals surface area contributed by atoms with Crippen molar-refractivity contribution in [3.8, 4) is 0 Å². The Morgan fingerprint density at radius 3 is 2.15 bits per heavy atom. The molecule has 4 aliphatic rings. The van der Waals surface area contributed by atoms with Crippen molar-refractivity contribution in [1.82, 2.24) is 13.8 Å². The molecule has 0 radical (unpaired) electrons. The number of allylic oxidation sites excluding steroid dienone is 3. The van der Waals surface area contributed by atoms with Gasteiger partial charge in [0.2, 0.25) is 0 Å². The number of hydrogen-bond acceptors (Lipinski definition) is 4. The zero-order valence-electron chi connectivity index (χ0n) is 19.4. The van der Waals surface area contributed by atoms with Crippen LogP contribution in [0.5, 0.6) is 0 Å². The Morgan fingerprint density at radius 2 is 1.50 bits per heavy atom. The SMILES string of the molecule is C=CC1=C(/C=C\C)C2N=c3c(/C=C\C)c(/C=C\C)c4n3B3N2C1=Nc1c2ccccc2c(n13)N=4. The summed E-state index contributed by atoms with van der Waals surface area (Å²) in [5.41, 5.74) is 6.27. The minimum atomic E-state index is -0.171. The van der Waals surface area contributed by atoms with Gasteiger partial charge in [-0.15, -0.1) is 0 Å². The van der Waals surface area contributed by atoms with Crippen LogP contribution in [0, 0.1) is 0 Å². The van der Waals surface area contributed by atoms with Crippen molar-refractivity contribution in [1.29, 1.82) is 0 Å². The summed E-state index contributed by atoms with van der Waals surface area (Å²) in [7, 11) is -0.129. The van der Waals surface area contributed by atoms with Gasteiger partial charge in [-0.3, -0.25) is 0 Å². The van der Waals surface area contributed by atoms with Gasteiger partial charge in [0, 0.05) is 33.0 Å². The van der Waals surface area contributed by atoms with Crippen LogP contribution in [0.25, 0.3) is 22.9 Å². The number of fused-ring (bicyclic) bond motifs is 3. The number of aromatic nitrogens is 2. The van der Waals surface area contributed by atoms with Crippen LogP contribution in [0.15, 0.2) is 87.3 Å². The number of nitrogens with zero attached hydrogens (tertiary/aromatic N) is 6. The molecule has 6 nitrogen and oxygen atoms in total. The van der Waals surface area contributed by atoms with Crippen LogP contribution in [-0.4, -0.2) is 32.9 Å². The lowest BCUT2D eigenvalue weighted by Gasteiger charge is -2.39. The van der Waals surface area contributed by atoms with E-state index in [-0.39, 0.29) is 13.3 Å². The quantitative estimate of drug-likeness (QED) is 0.548. The van der Waals surface area contributed by atoms with Crippen molar-refractivity contribution in [3.63, 3.8) is 0 Å². The fourth-order valence-corrected chi connectivity index (χ4v) is 5.81. The molecule has 7 rings (SSSR count). The van der Waals surface area contributed by atoms with E-state index in [0.717, 1.165) is 61.5 Å². The molecule has 0 amide bonds. The molecule has 3 aromatic rings. The van der Waals surface area contributed by atoms with E-state index in [2.05, 4.69) is 81.1 Å². The Balaban J connectivity index is 1.74. The third-order valence-electron chi connectivity index (χ3n) is 7.03. The Morgan fingerprint density at radius 1 is 0.853 bits per heavy atom. The molecule has 1 atom stereocenters. The molecule has 1 aromatic carbocycles. The smallest absolute Gasteiger partial charge is 0.334 e.